The Kier molecular flexibility index (Phi) is 6.51. The van der Waals surface area contributed by atoms with Crippen LogP contribution < -0.4 is 9.64 Å². The monoisotopic (exact) mass is 449 g/mol. The summed E-state index contributed by atoms with van der Waals surface area (Å²) in [5, 5.41) is 9.24. The second-order valence-electron chi connectivity index (χ2n) is 8.27. The Morgan fingerprint density at radius 1 is 1.00 bits per heavy atom. The summed E-state index contributed by atoms with van der Waals surface area (Å²) in [7, 11) is 3.60. The molecule has 4 rings (SSSR count). The molecule has 5 heteroatoms. The fourth-order valence-electron chi connectivity index (χ4n) is 4.19. The lowest BCUT2D eigenvalue weighted by Crippen LogP contribution is -2.31. The second-order valence-corrected chi connectivity index (χ2v) is 8.27. The molecule has 34 heavy (non-hydrogen) atoms. The van der Waals surface area contributed by atoms with Gasteiger partial charge in [-0.2, -0.15) is 5.26 Å². The molecule has 0 fully saturated rings. The van der Waals surface area contributed by atoms with Crippen molar-refractivity contribution in [3.63, 3.8) is 0 Å². The van der Waals surface area contributed by atoms with Crippen molar-refractivity contribution in [3.8, 4) is 22.9 Å². The Balaban J connectivity index is 1.85. The minimum Gasteiger partial charge on any atom is -0.496 e. The van der Waals surface area contributed by atoms with Gasteiger partial charge in [0.1, 0.15) is 5.75 Å². The van der Waals surface area contributed by atoms with Gasteiger partial charge in [0.2, 0.25) is 0 Å². The van der Waals surface area contributed by atoms with E-state index in [1.165, 1.54) is 0 Å². The van der Waals surface area contributed by atoms with Gasteiger partial charge in [0.05, 0.1) is 30.9 Å². The first kappa shape index (κ1) is 22.9. The Morgan fingerprint density at radius 3 is 2.35 bits per heavy atom. The van der Waals surface area contributed by atoms with Gasteiger partial charge in [-0.25, -0.2) is 0 Å². The maximum Gasteiger partial charge on any atom is 0.261 e. The molecule has 1 amide bonds. The lowest BCUT2D eigenvalue weighted by molar-refractivity contribution is 0.0985. The molecule has 0 aliphatic rings. The smallest absolute Gasteiger partial charge is 0.261 e. The van der Waals surface area contributed by atoms with Crippen LogP contribution in [-0.4, -0.2) is 17.6 Å². The summed E-state index contributed by atoms with van der Waals surface area (Å²) in [5.41, 5.74) is 6.71. The normalized spacial score (nSPS) is 10.6. The fourth-order valence-corrected chi connectivity index (χ4v) is 4.19. The number of aryl methyl sites for hydroxylation is 1. The number of benzene rings is 3. The van der Waals surface area contributed by atoms with Crippen LogP contribution in [0.1, 0.15) is 32.7 Å². The molecular formula is C29H27N3O2. The van der Waals surface area contributed by atoms with Crippen LogP contribution in [0.2, 0.25) is 0 Å². The van der Waals surface area contributed by atoms with Crippen LogP contribution in [0.3, 0.4) is 0 Å². The number of rotatable bonds is 6. The van der Waals surface area contributed by atoms with E-state index >= 15 is 0 Å². The maximum atomic E-state index is 14.2. The number of methoxy groups -OCH3 is 1. The van der Waals surface area contributed by atoms with Gasteiger partial charge < -0.3 is 14.2 Å². The van der Waals surface area contributed by atoms with Gasteiger partial charge in [0.25, 0.3) is 5.91 Å². The van der Waals surface area contributed by atoms with Gasteiger partial charge in [-0.05, 0) is 60.9 Å². The quantitative estimate of drug-likeness (QED) is 0.361. The lowest BCUT2D eigenvalue weighted by atomic mass is 10.0. The van der Waals surface area contributed by atoms with Crippen molar-refractivity contribution >= 4 is 11.6 Å². The predicted molar refractivity (Wildman–Crippen MR) is 135 cm³/mol. The maximum absolute atomic E-state index is 14.2. The lowest BCUT2D eigenvalue weighted by Gasteiger charge is -2.25. The van der Waals surface area contributed by atoms with E-state index in [2.05, 4.69) is 6.07 Å². The first-order chi connectivity index (χ1) is 16.4. The van der Waals surface area contributed by atoms with Crippen LogP contribution in [0.4, 0.5) is 5.69 Å². The van der Waals surface area contributed by atoms with Crippen molar-refractivity contribution in [1.29, 1.82) is 5.26 Å². The van der Waals surface area contributed by atoms with E-state index < -0.39 is 0 Å². The Morgan fingerprint density at radius 2 is 1.71 bits per heavy atom. The number of hydrogen-bond acceptors (Lipinski definition) is 3. The standard InChI is InChI=1S/C29H27N3O2/c1-20-24(11-8-12-27(20)34-4)18-32(25-15-13-22(17-30)14-16-25)29(33)28-21(2)31(3)19-26(28)23-9-6-5-7-10-23/h5-16,19H,18H2,1-4H3. The summed E-state index contributed by atoms with van der Waals surface area (Å²) in [6.07, 6.45) is 2.01. The molecule has 0 atom stereocenters. The molecule has 0 N–H and O–H groups in total. The number of ether oxygens (including phenoxy) is 1. The summed E-state index contributed by atoms with van der Waals surface area (Å²) in [5.74, 6) is 0.689. The van der Waals surface area contributed by atoms with Crippen molar-refractivity contribution in [3.05, 3.63) is 107 Å². The summed E-state index contributed by atoms with van der Waals surface area (Å²) < 4.78 is 7.49. The Labute approximate surface area is 200 Å². The van der Waals surface area contributed by atoms with Gasteiger partial charge >= 0.3 is 0 Å². The summed E-state index contributed by atoms with van der Waals surface area (Å²) in [4.78, 5) is 16.0. The number of anilines is 1. The molecule has 0 bridgehead atoms. The molecule has 0 aliphatic heterocycles. The van der Waals surface area contributed by atoms with Gasteiger partial charge in [-0.1, -0.05) is 42.5 Å². The molecule has 170 valence electrons. The molecule has 4 aromatic rings. The minimum absolute atomic E-state index is 0.0936. The molecule has 5 nitrogen and oxygen atoms in total. The predicted octanol–water partition coefficient (Wildman–Crippen LogP) is 6.04. The van der Waals surface area contributed by atoms with Crippen LogP contribution in [0.25, 0.3) is 11.1 Å². The highest BCUT2D eigenvalue weighted by molar-refractivity contribution is 6.11. The first-order valence-corrected chi connectivity index (χ1v) is 11.1. The number of carbonyl (C=O) groups excluding carboxylic acids is 1. The number of hydrogen-bond donors (Lipinski definition) is 0. The van der Waals surface area contributed by atoms with Crippen molar-refractivity contribution < 1.29 is 9.53 Å². The van der Waals surface area contributed by atoms with E-state index in [0.29, 0.717) is 17.7 Å². The molecule has 0 unspecified atom stereocenters. The third-order valence-corrected chi connectivity index (χ3v) is 6.28. The van der Waals surface area contributed by atoms with Crippen LogP contribution in [-0.2, 0) is 13.6 Å². The third kappa shape index (κ3) is 4.31. The molecule has 1 aromatic heterocycles. The summed E-state index contributed by atoms with van der Waals surface area (Å²) in [6.45, 7) is 4.34. The highest BCUT2D eigenvalue weighted by Gasteiger charge is 2.26. The number of nitriles is 1. The van der Waals surface area contributed by atoms with E-state index in [1.54, 1.807) is 24.1 Å². The highest BCUT2D eigenvalue weighted by Crippen LogP contribution is 2.32. The van der Waals surface area contributed by atoms with E-state index in [1.807, 2.05) is 92.3 Å². The van der Waals surface area contributed by atoms with Gasteiger partial charge in [-0.15, -0.1) is 0 Å². The van der Waals surface area contributed by atoms with Gasteiger partial charge in [0.15, 0.2) is 0 Å². The van der Waals surface area contributed by atoms with Crippen molar-refractivity contribution in [2.75, 3.05) is 12.0 Å². The molecule has 0 aliphatic carbocycles. The molecule has 0 radical (unpaired) electrons. The van der Waals surface area contributed by atoms with Crippen molar-refractivity contribution in [2.45, 2.75) is 20.4 Å². The minimum atomic E-state index is -0.0936. The average Bonchev–Trinajstić information content (AvgIpc) is 3.17. The number of amides is 1. The molecule has 0 saturated heterocycles. The Bertz CT molecular complexity index is 1360. The van der Waals surface area contributed by atoms with Crippen LogP contribution in [0.15, 0.2) is 79.0 Å². The van der Waals surface area contributed by atoms with Crippen molar-refractivity contribution in [2.24, 2.45) is 7.05 Å². The largest absolute Gasteiger partial charge is 0.496 e. The van der Waals surface area contributed by atoms with E-state index in [9.17, 15) is 10.1 Å². The zero-order valence-electron chi connectivity index (χ0n) is 19.9. The first-order valence-electron chi connectivity index (χ1n) is 11.1. The molecule has 1 heterocycles. The molecular weight excluding hydrogens is 422 g/mol. The van der Waals surface area contributed by atoms with Gasteiger partial charge in [0, 0.05) is 30.2 Å². The van der Waals surface area contributed by atoms with Crippen LogP contribution in [0.5, 0.6) is 5.75 Å². The Hall–Kier alpha value is -4.30. The number of nitrogens with zero attached hydrogens (tertiary/aromatic N) is 3. The molecule has 0 spiro atoms. The SMILES string of the molecule is COc1cccc(CN(C(=O)c2c(-c3ccccc3)cn(C)c2C)c2ccc(C#N)cc2)c1C. The summed E-state index contributed by atoms with van der Waals surface area (Å²) in [6, 6.07) is 25.1. The zero-order valence-corrected chi connectivity index (χ0v) is 19.9. The third-order valence-electron chi connectivity index (χ3n) is 6.28. The van der Waals surface area contributed by atoms with Crippen LogP contribution in [0, 0.1) is 25.2 Å². The summed E-state index contributed by atoms with van der Waals surface area (Å²) >= 11 is 0. The van der Waals surface area contributed by atoms with Gasteiger partial charge in [-0.3, -0.25) is 4.79 Å². The van der Waals surface area contributed by atoms with E-state index in [4.69, 9.17) is 4.74 Å². The second kappa shape index (κ2) is 9.68. The van der Waals surface area contributed by atoms with Crippen molar-refractivity contribution in [1.82, 2.24) is 4.57 Å². The zero-order chi connectivity index (χ0) is 24.2. The number of carbonyl (C=O) groups is 1. The van der Waals surface area contributed by atoms with E-state index in [0.717, 1.165) is 39.4 Å². The number of aromatic nitrogens is 1. The van der Waals surface area contributed by atoms with E-state index in [-0.39, 0.29) is 5.91 Å². The molecule has 0 saturated carbocycles. The average molecular weight is 450 g/mol. The van der Waals surface area contributed by atoms with Crippen LogP contribution >= 0.6 is 0 Å². The topological polar surface area (TPSA) is 58.3 Å². The highest BCUT2D eigenvalue weighted by atomic mass is 16.5. The fraction of sp³-hybridized carbons (Fsp3) is 0.172. The molecule has 3 aromatic carbocycles.